The third-order valence-corrected chi connectivity index (χ3v) is 4.73. The smallest absolute Gasteiger partial charge is 0.326 e. The zero-order chi connectivity index (χ0) is 15.9. The van der Waals surface area contributed by atoms with Crippen LogP contribution in [0.5, 0.6) is 0 Å². The van der Waals surface area contributed by atoms with Crippen LogP contribution in [0.25, 0.3) is 0 Å². The van der Waals surface area contributed by atoms with Gasteiger partial charge in [-0.25, -0.2) is 9.59 Å². The molecule has 1 unspecified atom stereocenters. The van der Waals surface area contributed by atoms with Crippen LogP contribution in [-0.2, 0) is 4.79 Å². The van der Waals surface area contributed by atoms with Crippen LogP contribution in [0.2, 0.25) is 0 Å². The van der Waals surface area contributed by atoms with Gasteiger partial charge in [0.05, 0.1) is 0 Å². The fourth-order valence-corrected chi connectivity index (χ4v) is 2.80. The van der Waals surface area contributed by atoms with Crippen molar-refractivity contribution in [1.82, 2.24) is 15.5 Å². The number of urea groups is 1. The summed E-state index contributed by atoms with van der Waals surface area (Å²) in [5.74, 6) is -0.272. The third-order valence-electron chi connectivity index (χ3n) is 4.08. The number of carboxylic acid groups (broad SMARTS) is 1. The van der Waals surface area contributed by atoms with Gasteiger partial charge in [-0.2, -0.15) is 11.8 Å². The number of rotatable bonds is 7. The molecule has 122 valence electrons. The number of carboxylic acids is 1. The van der Waals surface area contributed by atoms with E-state index in [1.54, 1.807) is 11.8 Å². The second-order valence-electron chi connectivity index (χ2n) is 6.11. The highest BCUT2D eigenvalue weighted by molar-refractivity contribution is 7.98. The topological polar surface area (TPSA) is 81.7 Å². The SMILES string of the molecule is CSCCC(NC(=O)NCC1(C)CCN(C)CC1)C(=O)O. The number of aliphatic carboxylic acids is 1. The monoisotopic (exact) mass is 317 g/mol. The molecule has 1 aliphatic heterocycles. The van der Waals surface area contributed by atoms with Crippen LogP contribution >= 0.6 is 11.8 Å². The maximum absolute atomic E-state index is 11.9. The quantitative estimate of drug-likeness (QED) is 0.658. The van der Waals surface area contributed by atoms with Crippen molar-refractivity contribution in [3.05, 3.63) is 0 Å². The molecule has 1 aliphatic rings. The maximum atomic E-state index is 11.9. The zero-order valence-electron chi connectivity index (χ0n) is 13.1. The lowest BCUT2D eigenvalue weighted by Crippen LogP contribution is -2.50. The van der Waals surface area contributed by atoms with Gasteiger partial charge in [0.15, 0.2) is 0 Å². The normalized spacial score (nSPS) is 19.8. The molecule has 3 N–H and O–H groups in total. The first-order chi connectivity index (χ1) is 9.86. The number of amides is 2. The number of nitrogens with one attached hydrogen (secondary N) is 2. The largest absolute Gasteiger partial charge is 0.480 e. The Bertz CT molecular complexity index is 357. The van der Waals surface area contributed by atoms with Gasteiger partial charge in [0.25, 0.3) is 0 Å². The minimum atomic E-state index is -0.982. The standard InChI is InChI=1S/C14H27N3O3S/c1-14(5-7-17(2)8-6-14)10-15-13(20)16-11(12(18)19)4-9-21-3/h11H,4-10H2,1-3H3,(H,18,19)(H2,15,16,20). The minimum absolute atomic E-state index is 0.0990. The van der Waals surface area contributed by atoms with E-state index in [1.807, 2.05) is 6.26 Å². The lowest BCUT2D eigenvalue weighted by Gasteiger charge is -2.38. The first-order valence-corrected chi connectivity index (χ1v) is 8.70. The number of hydrogen-bond donors (Lipinski definition) is 3. The van der Waals surface area contributed by atoms with E-state index >= 15 is 0 Å². The van der Waals surface area contributed by atoms with Crippen LogP contribution in [0.1, 0.15) is 26.2 Å². The van der Waals surface area contributed by atoms with E-state index in [0.29, 0.717) is 18.7 Å². The average Bonchev–Trinajstić information content (AvgIpc) is 2.44. The van der Waals surface area contributed by atoms with E-state index in [0.717, 1.165) is 25.9 Å². The van der Waals surface area contributed by atoms with E-state index in [1.165, 1.54) is 0 Å². The predicted octanol–water partition coefficient (Wildman–Crippen LogP) is 1.22. The molecule has 0 spiro atoms. The van der Waals surface area contributed by atoms with Crippen LogP contribution in [-0.4, -0.2) is 66.7 Å². The Morgan fingerprint density at radius 1 is 1.38 bits per heavy atom. The molecule has 1 atom stereocenters. The van der Waals surface area contributed by atoms with Gasteiger partial charge in [-0.1, -0.05) is 6.92 Å². The van der Waals surface area contributed by atoms with Crippen molar-refractivity contribution >= 4 is 23.8 Å². The fraction of sp³-hybridized carbons (Fsp3) is 0.857. The Morgan fingerprint density at radius 2 is 2.00 bits per heavy atom. The van der Waals surface area contributed by atoms with Gasteiger partial charge in [0, 0.05) is 6.54 Å². The number of likely N-dealkylation sites (tertiary alicyclic amines) is 1. The molecular formula is C14H27N3O3S. The highest BCUT2D eigenvalue weighted by Crippen LogP contribution is 2.29. The van der Waals surface area contributed by atoms with Gasteiger partial charge >= 0.3 is 12.0 Å². The summed E-state index contributed by atoms with van der Waals surface area (Å²) in [4.78, 5) is 25.2. The molecule has 0 aliphatic carbocycles. The summed E-state index contributed by atoms with van der Waals surface area (Å²) in [6, 6.07) is -1.20. The molecule has 6 nitrogen and oxygen atoms in total. The summed E-state index contributed by atoms with van der Waals surface area (Å²) < 4.78 is 0. The van der Waals surface area contributed by atoms with Gasteiger partial charge in [-0.15, -0.1) is 0 Å². The number of hydrogen-bond acceptors (Lipinski definition) is 4. The molecule has 7 heteroatoms. The van der Waals surface area contributed by atoms with E-state index in [-0.39, 0.29) is 11.4 Å². The van der Waals surface area contributed by atoms with Crippen molar-refractivity contribution in [3.8, 4) is 0 Å². The highest BCUT2D eigenvalue weighted by atomic mass is 32.2. The van der Waals surface area contributed by atoms with E-state index in [4.69, 9.17) is 5.11 Å². The molecule has 0 aromatic carbocycles. The molecule has 0 bridgehead atoms. The van der Waals surface area contributed by atoms with Crippen molar-refractivity contribution in [2.45, 2.75) is 32.2 Å². The first kappa shape index (κ1) is 18.1. The lowest BCUT2D eigenvalue weighted by molar-refractivity contribution is -0.139. The average molecular weight is 317 g/mol. The van der Waals surface area contributed by atoms with Gasteiger partial charge < -0.3 is 20.6 Å². The third kappa shape index (κ3) is 6.56. The Hall–Kier alpha value is -0.950. The Balaban J connectivity index is 2.36. The van der Waals surface area contributed by atoms with Crippen molar-refractivity contribution in [3.63, 3.8) is 0 Å². The van der Waals surface area contributed by atoms with E-state index in [9.17, 15) is 9.59 Å². The van der Waals surface area contributed by atoms with Crippen molar-refractivity contribution in [2.75, 3.05) is 38.7 Å². The van der Waals surface area contributed by atoms with Crippen molar-refractivity contribution < 1.29 is 14.7 Å². The minimum Gasteiger partial charge on any atom is -0.480 e. The summed E-state index contributed by atoms with van der Waals surface area (Å²) in [6.45, 7) is 4.82. The van der Waals surface area contributed by atoms with Crippen LogP contribution in [0.3, 0.4) is 0 Å². The highest BCUT2D eigenvalue weighted by Gasteiger charge is 2.29. The Kier molecular flexibility index (Phi) is 7.31. The van der Waals surface area contributed by atoms with Crippen LogP contribution < -0.4 is 10.6 Å². The Labute approximate surface area is 131 Å². The molecule has 0 aromatic heterocycles. The molecule has 1 heterocycles. The van der Waals surface area contributed by atoms with Crippen LogP contribution in [0.4, 0.5) is 4.79 Å². The summed E-state index contributed by atoms with van der Waals surface area (Å²) in [7, 11) is 2.10. The van der Waals surface area contributed by atoms with Crippen LogP contribution in [0, 0.1) is 5.41 Å². The second-order valence-corrected chi connectivity index (χ2v) is 7.10. The van der Waals surface area contributed by atoms with Gasteiger partial charge in [0.1, 0.15) is 6.04 Å². The molecule has 1 rings (SSSR count). The molecule has 1 fully saturated rings. The number of thioether (sulfide) groups is 1. The lowest BCUT2D eigenvalue weighted by atomic mass is 9.80. The molecular weight excluding hydrogens is 290 g/mol. The summed E-state index contributed by atoms with van der Waals surface area (Å²) in [5.41, 5.74) is 0.0990. The maximum Gasteiger partial charge on any atom is 0.326 e. The molecule has 21 heavy (non-hydrogen) atoms. The van der Waals surface area contributed by atoms with E-state index < -0.39 is 12.0 Å². The molecule has 0 radical (unpaired) electrons. The molecule has 0 saturated carbocycles. The zero-order valence-corrected chi connectivity index (χ0v) is 14.0. The molecule has 1 saturated heterocycles. The van der Waals surface area contributed by atoms with E-state index in [2.05, 4.69) is 29.5 Å². The molecule has 0 aromatic rings. The van der Waals surface area contributed by atoms with Gasteiger partial charge in [-0.05, 0) is 56.8 Å². The van der Waals surface area contributed by atoms with Crippen LogP contribution in [0.15, 0.2) is 0 Å². The van der Waals surface area contributed by atoms with Gasteiger partial charge in [-0.3, -0.25) is 0 Å². The Morgan fingerprint density at radius 3 is 2.52 bits per heavy atom. The van der Waals surface area contributed by atoms with Gasteiger partial charge in [0.2, 0.25) is 0 Å². The number of carbonyl (C=O) groups excluding carboxylic acids is 1. The number of nitrogens with zero attached hydrogens (tertiary/aromatic N) is 1. The summed E-state index contributed by atoms with van der Waals surface area (Å²) in [5, 5.41) is 14.5. The predicted molar refractivity (Wildman–Crippen MR) is 85.8 cm³/mol. The number of carbonyl (C=O) groups is 2. The fourth-order valence-electron chi connectivity index (χ4n) is 2.33. The number of piperidine rings is 1. The van der Waals surface area contributed by atoms with Crippen molar-refractivity contribution in [1.29, 1.82) is 0 Å². The van der Waals surface area contributed by atoms with Crippen molar-refractivity contribution in [2.24, 2.45) is 5.41 Å². The summed E-state index contributed by atoms with van der Waals surface area (Å²) >= 11 is 1.57. The first-order valence-electron chi connectivity index (χ1n) is 7.31. The second kappa shape index (κ2) is 8.48. The summed E-state index contributed by atoms with van der Waals surface area (Å²) in [6.07, 6.45) is 4.43. The molecule has 2 amide bonds.